The summed E-state index contributed by atoms with van der Waals surface area (Å²) in [6.07, 6.45) is 4.90. The van der Waals surface area contributed by atoms with E-state index in [0.717, 1.165) is 44.3 Å². The maximum atomic E-state index is 5.66. The molecule has 0 aromatic carbocycles. The molecule has 0 aliphatic carbocycles. The van der Waals surface area contributed by atoms with Crippen molar-refractivity contribution in [2.75, 3.05) is 33.3 Å². The molecule has 6 heteroatoms. The molecule has 2 saturated heterocycles. The van der Waals surface area contributed by atoms with Crippen LogP contribution in [0, 0.1) is 0 Å². The largest absolute Gasteiger partial charge is 0.424 e. The molecule has 0 unspecified atom stereocenters. The number of aromatic nitrogens is 2. The molecular formula is C15H26N4O2. The molecule has 3 rings (SSSR count). The minimum atomic E-state index is 0.325. The molecule has 2 aliphatic rings. The zero-order chi connectivity index (χ0) is 14.7. The van der Waals surface area contributed by atoms with Crippen molar-refractivity contribution in [2.24, 2.45) is 0 Å². The monoisotopic (exact) mass is 294 g/mol. The van der Waals surface area contributed by atoms with E-state index >= 15 is 0 Å². The van der Waals surface area contributed by atoms with Crippen molar-refractivity contribution >= 4 is 0 Å². The van der Waals surface area contributed by atoms with Gasteiger partial charge in [-0.3, -0.25) is 4.90 Å². The molecule has 6 nitrogen and oxygen atoms in total. The molecule has 118 valence electrons. The van der Waals surface area contributed by atoms with E-state index in [4.69, 9.17) is 9.15 Å². The van der Waals surface area contributed by atoms with Gasteiger partial charge < -0.3 is 14.1 Å². The minimum Gasteiger partial charge on any atom is -0.424 e. The number of ether oxygens (including phenoxy) is 1. The van der Waals surface area contributed by atoms with Crippen molar-refractivity contribution < 1.29 is 9.15 Å². The second-order valence-electron chi connectivity index (χ2n) is 6.13. The van der Waals surface area contributed by atoms with Crippen LogP contribution in [0.5, 0.6) is 0 Å². The van der Waals surface area contributed by atoms with Gasteiger partial charge in [0.1, 0.15) is 0 Å². The van der Waals surface area contributed by atoms with Crippen LogP contribution in [0.4, 0.5) is 0 Å². The Morgan fingerprint density at radius 2 is 2.00 bits per heavy atom. The van der Waals surface area contributed by atoms with Gasteiger partial charge in [-0.15, -0.1) is 10.2 Å². The molecule has 1 aromatic rings. The standard InChI is InChI=1S/C15H26N4O2/c1-3-14-16-17-15(21-14)11-19-10-13(20-2)8-12(19)9-18-6-4-5-7-18/h12-13H,3-11H2,1-2H3/t12-,13-/m0/s1. The number of hydrogen-bond acceptors (Lipinski definition) is 6. The highest BCUT2D eigenvalue weighted by Crippen LogP contribution is 2.24. The van der Waals surface area contributed by atoms with Crippen LogP contribution in [0.15, 0.2) is 4.42 Å². The van der Waals surface area contributed by atoms with E-state index in [-0.39, 0.29) is 0 Å². The third-order valence-electron chi connectivity index (χ3n) is 4.64. The van der Waals surface area contributed by atoms with Crippen LogP contribution in [0.2, 0.25) is 0 Å². The van der Waals surface area contributed by atoms with Gasteiger partial charge >= 0.3 is 0 Å². The van der Waals surface area contributed by atoms with Gasteiger partial charge in [-0.05, 0) is 32.4 Å². The number of rotatable bonds is 6. The zero-order valence-corrected chi connectivity index (χ0v) is 13.1. The lowest BCUT2D eigenvalue weighted by Crippen LogP contribution is -2.39. The van der Waals surface area contributed by atoms with E-state index in [0.29, 0.717) is 12.1 Å². The molecule has 2 fully saturated rings. The highest BCUT2D eigenvalue weighted by atomic mass is 16.5. The van der Waals surface area contributed by atoms with Gasteiger partial charge in [0.25, 0.3) is 0 Å². The topological polar surface area (TPSA) is 54.6 Å². The van der Waals surface area contributed by atoms with Gasteiger partial charge in [0.2, 0.25) is 11.8 Å². The summed E-state index contributed by atoms with van der Waals surface area (Å²) >= 11 is 0. The van der Waals surface area contributed by atoms with Crippen LogP contribution in [0.25, 0.3) is 0 Å². The first-order chi connectivity index (χ1) is 10.3. The molecule has 0 spiro atoms. The predicted octanol–water partition coefficient (Wildman–Crippen LogP) is 1.32. The molecule has 0 amide bonds. The van der Waals surface area contributed by atoms with E-state index in [1.54, 1.807) is 0 Å². The maximum absolute atomic E-state index is 5.66. The van der Waals surface area contributed by atoms with Crippen molar-refractivity contribution in [3.8, 4) is 0 Å². The van der Waals surface area contributed by atoms with E-state index in [9.17, 15) is 0 Å². The molecular weight excluding hydrogens is 268 g/mol. The Morgan fingerprint density at radius 1 is 1.24 bits per heavy atom. The van der Waals surface area contributed by atoms with Gasteiger partial charge in [0.15, 0.2) is 0 Å². The molecule has 2 atom stereocenters. The molecule has 0 bridgehead atoms. The number of hydrogen-bond donors (Lipinski definition) is 0. The third kappa shape index (κ3) is 3.62. The molecule has 21 heavy (non-hydrogen) atoms. The SMILES string of the molecule is CCc1nnc(CN2C[C@@H](OC)C[C@H]2CN2CCCC2)o1. The van der Waals surface area contributed by atoms with Crippen LogP contribution in [0.1, 0.15) is 38.0 Å². The number of nitrogens with zero attached hydrogens (tertiary/aromatic N) is 4. The van der Waals surface area contributed by atoms with E-state index in [2.05, 4.69) is 20.0 Å². The van der Waals surface area contributed by atoms with Crippen molar-refractivity contribution in [1.29, 1.82) is 0 Å². The second-order valence-corrected chi connectivity index (χ2v) is 6.13. The van der Waals surface area contributed by atoms with Crippen molar-refractivity contribution in [1.82, 2.24) is 20.0 Å². The highest BCUT2D eigenvalue weighted by Gasteiger charge is 2.34. The van der Waals surface area contributed by atoms with Crippen molar-refractivity contribution in [2.45, 2.75) is 51.3 Å². The summed E-state index contributed by atoms with van der Waals surface area (Å²) in [5.74, 6) is 1.46. The van der Waals surface area contributed by atoms with Gasteiger partial charge in [-0.1, -0.05) is 6.92 Å². The summed E-state index contributed by atoms with van der Waals surface area (Å²) in [7, 11) is 1.81. The summed E-state index contributed by atoms with van der Waals surface area (Å²) in [5, 5.41) is 8.21. The third-order valence-corrected chi connectivity index (χ3v) is 4.64. The Bertz CT molecular complexity index is 445. The Balaban J connectivity index is 1.61. The second kappa shape index (κ2) is 6.85. The molecule has 0 radical (unpaired) electrons. The lowest BCUT2D eigenvalue weighted by Gasteiger charge is -2.26. The normalized spacial score (nSPS) is 27.7. The summed E-state index contributed by atoms with van der Waals surface area (Å²) in [6.45, 7) is 7.34. The molecule has 0 N–H and O–H groups in total. The molecule has 2 aliphatic heterocycles. The number of methoxy groups -OCH3 is 1. The quantitative estimate of drug-likeness (QED) is 0.788. The minimum absolute atomic E-state index is 0.325. The number of likely N-dealkylation sites (tertiary alicyclic amines) is 2. The Hall–Kier alpha value is -0.980. The van der Waals surface area contributed by atoms with E-state index in [1.807, 2.05) is 14.0 Å². The molecule has 1 aromatic heterocycles. The summed E-state index contributed by atoms with van der Waals surface area (Å²) in [4.78, 5) is 5.01. The Labute approximate surface area is 126 Å². The van der Waals surface area contributed by atoms with E-state index in [1.165, 1.54) is 25.9 Å². The summed E-state index contributed by atoms with van der Waals surface area (Å²) in [5.41, 5.74) is 0. The Morgan fingerprint density at radius 3 is 2.67 bits per heavy atom. The average Bonchev–Trinajstić information content (AvgIpc) is 3.22. The van der Waals surface area contributed by atoms with Crippen LogP contribution in [-0.4, -0.2) is 65.4 Å². The van der Waals surface area contributed by atoms with Crippen LogP contribution in [-0.2, 0) is 17.7 Å². The summed E-state index contributed by atoms with van der Waals surface area (Å²) < 4.78 is 11.2. The highest BCUT2D eigenvalue weighted by molar-refractivity contribution is 4.92. The summed E-state index contributed by atoms with van der Waals surface area (Å²) in [6, 6.07) is 0.532. The van der Waals surface area contributed by atoms with Crippen LogP contribution < -0.4 is 0 Å². The first kappa shape index (κ1) is 14.9. The maximum Gasteiger partial charge on any atom is 0.230 e. The lowest BCUT2D eigenvalue weighted by atomic mass is 10.2. The Kier molecular flexibility index (Phi) is 4.87. The fourth-order valence-corrected chi connectivity index (χ4v) is 3.42. The predicted molar refractivity (Wildman–Crippen MR) is 79.0 cm³/mol. The van der Waals surface area contributed by atoms with Gasteiger partial charge in [0.05, 0.1) is 12.6 Å². The lowest BCUT2D eigenvalue weighted by molar-refractivity contribution is 0.105. The zero-order valence-electron chi connectivity index (χ0n) is 13.1. The van der Waals surface area contributed by atoms with E-state index < -0.39 is 0 Å². The van der Waals surface area contributed by atoms with Crippen molar-refractivity contribution in [3.63, 3.8) is 0 Å². The fraction of sp³-hybridized carbons (Fsp3) is 0.867. The number of aryl methyl sites for hydroxylation is 1. The van der Waals surface area contributed by atoms with Gasteiger partial charge in [-0.2, -0.15) is 0 Å². The molecule has 3 heterocycles. The first-order valence-corrected chi connectivity index (χ1v) is 8.09. The fourth-order valence-electron chi connectivity index (χ4n) is 3.42. The van der Waals surface area contributed by atoms with Gasteiger partial charge in [0, 0.05) is 32.7 Å². The van der Waals surface area contributed by atoms with Gasteiger partial charge in [-0.25, -0.2) is 0 Å². The average molecular weight is 294 g/mol. The van der Waals surface area contributed by atoms with Crippen LogP contribution >= 0.6 is 0 Å². The van der Waals surface area contributed by atoms with Crippen molar-refractivity contribution in [3.05, 3.63) is 11.8 Å². The first-order valence-electron chi connectivity index (χ1n) is 8.09. The smallest absolute Gasteiger partial charge is 0.230 e. The molecule has 0 saturated carbocycles. The van der Waals surface area contributed by atoms with Crippen LogP contribution in [0.3, 0.4) is 0 Å².